The predicted molar refractivity (Wildman–Crippen MR) is 80.5 cm³/mol. The highest BCUT2D eigenvalue weighted by molar-refractivity contribution is 6.32. The highest BCUT2D eigenvalue weighted by Gasteiger charge is 2.18. The van der Waals surface area contributed by atoms with Crippen molar-refractivity contribution in [3.63, 3.8) is 0 Å². The number of hydrogen-bond donors (Lipinski definition) is 1. The largest absolute Gasteiger partial charge is 0.489 e. The lowest BCUT2D eigenvalue weighted by Crippen LogP contribution is -2.25. The third kappa shape index (κ3) is 4.51. The first-order valence-electron chi connectivity index (χ1n) is 7.17. The van der Waals surface area contributed by atoms with Gasteiger partial charge < -0.3 is 19.5 Å². The number of amides is 1. The monoisotopic (exact) mass is 313 g/mol. The van der Waals surface area contributed by atoms with E-state index in [4.69, 9.17) is 25.8 Å². The van der Waals surface area contributed by atoms with E-state index in [9.17, 15) is 4.79 Å². The van der Waals surface area contributed by atoms with Crippen LogP contribution in [0.1, 0.15) is 30.1 Å². The van der Waals surface area contributed by atoms with Gasteiger partial charge in [-0.2, -0.15) is 0 Å². The quantitative estimate of drug-likeness (QED) is 0.820. The molecule has 0 atom stereocenters. The minimum atomic E-state index is -0.177. The molecule has 5 nitrogen and oxygen atoms in total. The maximum atomic E-state index is 12.1. The second-order valence-corrected chi connectivity index (χ2v) is 5.05. The summed E-state index contributed by atoms with van der Waals surface area (Å²) in [5, 5.41) is 3.23. The molecule has 0 saturated carbocycles. The summed E-state index contributed by atoms with van der Waals surface area (Å²) >= 11 is 6.16. The van der Waals surface area contributed by atoms with Gasteiger partial charge in [-0.1, -0.05) is 11.6 Å². The van der Waals surface area contributed by atoms with Crippen LogP contribution < -0.4 is 14.8 Å². The molecule has 1 aliphatic rings. The first-order chi connectivity index (χ1) is 10.2. The van der Waals surface area contributed by atoms with E-state index in [1.54, 1.807) is 12.1 Å². The molecule has 0 saturated heterocycles. The second kappa shape index (κ2) is 8.10. The van der Waals surface area contributed by atoms with Crippen LogP contribution in [0.15, 0.2) is 12.1 Å². The molecule has 1 aromatic carbocycles. The van der Waals surface area contributed by atoms with E-state index in [0.717, 1.165) is 12.8 Å². The Morgan fingerprint density at radius 3 is 3.00 bits per heavy atom. The van der Waals surface area contributed by atoms with Crippen LogP contribution in [0.4, 0.5) is 0 Å². The SMILES string of the molecule is CCOCCCNC(=O)c1cc(Cl)c2c(c1)OCCCO2. The lowest BCUT2D eigenvalue weighted by atomic mass is 10.2. The molecule has 0 aromatic heterocycles. The summed E-state index contributed by atoms with van der Waals surface area (Å²) in [5.41, 5.74) is 0.473. The van der Waals surface area contributed by atoms with Gasteiger partial charge in [0.15, 0.2) is 11.5 Å². The molecule has 0 spiro atoms. The summed E-state index contributed by atoms with van der Waals surface area (Å²) in [6, 6.07) is 3.28. The maximum Gasteiger partial charge on any atom is 0.251 e. The molecule has 21 heavy (non-hydrogen) atoms. The normalized spacial score (nSPS) is 13.6. The van der Waals surface area contributed by atoms with Gasteiger partial charge in [0.05, 0.1) is 18.2 Å². The fourth-order valence-corrected chi connectivity index (χ4v) is 2.25. The van der Waals surface area contributed by atoms with E-state index in [2.05, 4.69) is 5.32 Å². The molecule has 0 fully saturated rings. The second-order valence-electron chi connectivity index (χ2n) is 4.64. The number of halogens is 1. The summed E-state index contributed by atoms with van der Waals surface area (Å²) < 4.78 is 16.3. The van der Waals surface area contributed by atoms with Crippen LogP contribution in [0.3, 0.4) is 0 Å². The summed E-state index contributed by atoms with van der Waals surface area (Å²) in [4.78, 5) is 12.1. The standard InChI is InChI=1S/C15H20ClNO4/c1-2-19-6-3-5-17-15(18)11-9-12(16)14-13(10-11)20-7-4-8-21-14/h9-10H,2-8H2,1H3,(H,17,18). The molecule has 116 valence electrons. The molecule has 1 heterocycles. The van der Waals surface area contributed by atoms with Crippen LogP contribution >= 0.6 is 11.6 Å². The highest BCUT2D eigenvalue weighted by Crippen LogP contribution is 2.37. The van der Waals surface area contributed by atoms with Crippen LogP contribution in [0.5, 0.6) is 11.5 Å². The minimum absolute atomic E-state index is 0.177. The number of nitrogens with one attached hydrogen (secondary N) is 1. The van der Waals surface area contributed by atoms with Gasteiger partial charge in [-0.25, -0.2) is 0 Å². The first-order valence-corrected chi connectivity index (χ1v) is 7.55. The lowest BCUT2D eigenvalue weighted by Gasteiger charge is -2.11. The third-order valence-electron chi connectivity index (χ3n) is 3.02. The van der Waals surface area contributed by atoms with E-state index >= 15 is 0 Å². The average Bonchev–Trinajstić information content (AvgIpc) is 2.72. The van der Waals surface area contributed by atoms with Crippen molar-refractivity contribution < 1.29 is 19.0 Å². The molecule has 1 aromatic rings. The maximum absolute atomic E-state index is 12.1. The molecule has 0 unspecified atom stereocenters. The molecule has 6 heteroatoms. The van der Waals surface area contributed by atoms with Gasteiger partial charge in [-0.3, -0.25) is 4.79 Å². The van der Waals surface area contributed by atoms with E-state index < -0.39 is 0 Å². The number of fused-ring (bicyclic) bond motifs is 1. The molecular formula is C15H20ClNO4. The Hall–Kier alpha value is -1.46. The Kier molecular flexibility index (Phi) is 6.14. The molecule has 0 bridgehead atoms. The van der Waals surface area contributed by atoms with Crippen LogP contribution in [-0.4, -0.2) is 38.9 Å². The zero-order valence-corrected chi connectivity index (χ0v) is 12.9. The third-order valence-corrected chi connectivity index (χ3v) is 3.30. The molecule has 1 amide bonds. The van der Waals surface area contributed by atoms with Crippen molar-refractivity contribution in [2.75, 3.05) is 33.0 Å². The zero-order valence-electron chi connectivity index (χ0n) is 12.1. The number of rotatable bonds is 6. The van der Waals surface area contributed by atoms with Crippen molar-refractivity contribution in [2.24, 2.45) is 0 Å². The molecule has 0 aliphatic carbocycles. The summed E-state index contributed by atoms with van der Waals surface area (Å²) in [7, 11) is 0. The van der Waals surface area contributed by atoms with E-state index in [-0.39, 0.29) is 5.91 Å². The lowest BCUT2D eigenvalue weighted by molar-refractivity contribution is 0.0944. The predicted octanol–water partition coefficient (Wildman–Crippen LogP) is 2.66. The average molecular weight is 314 g/mol. The molecule has 1 N–H and O–H groups in total. The summed E-state index contributed by atoms with van der Waals surface area (Å²) in [6.45, 7) is 4.95. The van der Waals surface area contributed by atoms with Crippen molar-refractivity contribution >= 4 is 17.5 Å². The summed E-state index contributed by atoms with van der Waals surface area (Å²) in [6.07, 6.45) is 1.57. The fraction of sp³-hybridized carbons (Fsp3) is 0.533. The van der Waals surface area contributed by atoms with Gasteiger partial charge >= 0.3 is 0 Å². The Morgan fingerprint density at radius 1 is 1.38 bits per heavy atom. The van der Waals surface area contributed by atoms with Crippen molar-refractivity contribution in [3.8, 4) is 11.5 Å². The van der Waals surface area contributed by atoms with Crippen LogP contribution in [0.2, 0.25) is 5.02 Å². The van der Waals surface area contributed by atoms with Crippen LogP contribution in [-0.2, 0) is 4.74 Å². The van der Waals surface area contributed by atoms with E-state index in [1.807, 2.05) is 6.92 Å². The van der Waals surface area contributed by atoms with Crippen molar-refractivity contribution in [3.05, 3.63) is 22.7 Å². The van der Waals surface area contributed by atoms with Crippen LogP contribution in [0, 0.1) is 0 Å². The number of carbonyl (C=O) groups excluding carboxylic acids is 1. The van der Waals surface area contributed by atoms with Crippen LogP contribution in [0.25, 0.3) is 0 Å². The van der Waals surface area contributed by atoms with Gasteiger partial charge in [-0.05, 0) is 25.5 Å². The fourth-order valence-electron chi connectivity index (χ4n) is 1.98. The zero-order chi connectivity index (χ0) is 15.1. The van der Waals surface area contributed by atoms with Crippen molar-refractivity contribution in [1.29, 1.82) is 0 Å². The summed E-state index contributed by atoms with van der Waals surface area (Å²) in [5.74, 6) is 0.866. The molecule has 1 aliphatic heterocycles. The number of benzene rings is 1. The Morgan fingerprint density at radius 2 is 2.19 bits per heavy atom. The first kappa shape index (κ1) is 15.9. The Bertz CT molecular complexity index is 493. The molecule has 2 rings (SSSR count). The Balaban J connectivity index is 1.98. The molecular weight excluding hydrogens is 294 g/mol. The van der Waals surface area contributed by atoms with Gasteiger partial charge in [0.1, 0.15) is 0 Å². The van der Waals surface area contributed by atoms with Gasteiger partial charge in [0.25, 0.3) is 5.91 Å². The van der Waals surface area contributed by atoms with Gasteiger partial charge in [0, 0.05) is 31.7 Å². The number of ether oxygens (including phenoxy) is 3. The Labute approximate surface area is 129 Å². The number of carbonyl (C=O) groups is 1. The van der Waals surface area contributed by atoms with E-state index in [1.165, 1.54) is 0 Å². The van der Waals surface area contributed by atoms with Crippen molar-refractivity contribution in [2.45, 2.75) is 19.8 Å². The minimum Gasteiger partial charge on any atom is -0.489 e. The number of hydrogen-bond acceptors (Lipinski definition) is 4. The smallest absolute Gasteiger partial charge is 0.251 e. The van der Waals surface area contributed by atoms with Crippen molar-refractivity contribution in [1.82, 2.24) is 5.32 Å². The van der Waals surface area contributed by atoms with E-state index in [0.29, 0.717) is 55.1 Å². The molecule has 0 radical (unpaired) electrons. The van der Waals surface area contributed by atoms with Gasteiger partial charge in [-0.15, -0.1) is 0 Å². The van der Waals surface area contributed by atoms with Gasteiger partial charge in [0.2, 0.25) is 0 Å². The topological polar surface area (TPSA) is 56.8 Å². The highest BCUT2D eigenvalue weighted by atomic mass is 35.5.